The van der Waals surface area contributed by atoms with E-state index in [4.69, 9.17) is 5.73 Å². The summed E-state index contributed by atoms with van der Waals surface area (Å²) in [5.41, 5.74) is 5.81. The minimum Gasteiger partial charge on any atom is -0.328 e. The van der Waals surface area contributed by atoms with Crippen molar-refractivity contribution >= 4 is 11.7 Å². The molecule has 5 nitrogen and oxygen atoms in total. The third-order valence-corrected chi connectivity index (χ3v) is 2.93. The molecular weight excluding hydrogens is 216 g/mol. The van der Waals surface area contributed by atoms with Crippen LogP contribution in [0.5, 0.6) is 0 Å². The minimum atomic E-state index is -0.0147. The van der Waals surface area contributed by atoms with Crippen molar-refractivity contribution in [2.45, 2.75) is 18.9 Å². The van der Waals surface area contributed by atoms with E-state index in [-0.39, 0.29) is 5.91 Å². The largest absolute Gasteiger partial charge is 0.328 e. The molecule has 1 aliphatic heterocycles. The van der Waals surface area contributed by atoms with Gasteiger partial charge in [-0.3, -0.25) is 9.69 Å². The molecule has 0 bridgehead atoms. The number of nitrogens with two attached hydrogens (primary N) is 1. The van der Waals surface area contributed by atoms with Crippen LogP contribution < -0.4 is 11.1 Å². The summed E-state index contributed by atoms with van der Waals surface area (Å²) in [5.74, 6) is 0.588. The standard InChI is InChI=1S/C12H18N4O/c13-10-4-7-16(8-5-10)9-12(17)15-11-3-1-2-6-14-11/h1-3,6,10H,4-5,7-9,13H2,(H,14,15,17). The predicted molar refractivity (Wildman–Crippen MR) is 66.5 cm³/mol. The van der Waals surface area contributed by atoms with E-state index in [1.165, 1.54) is 0 Å². The Hall–Kier alpha value is -1.46. The quantitative estimate of drug-likeness (QED) is 0.796. The summed E-state index contributed by atoms with van der Waals surface area (Å²) in [5, 5.41) is 2.78. The second-order valence-electron chi connectivity index (χ2n) is 4.38. The fourth-order valence-electron chi connectivity index (χ4n) is 1.93. The van der Waals surface area contributed by atoms with Crippen molar-refractivity contribution in [2.75, 3.05) is 25.0 Å². The van der Waals surface area contributed by atoms with Crippen LogP contribution >= 0.6 is 0 Å². The Balaban J connectivity index is 1.78. The highest BCUT2D eigenvalue weighted by molar-refractivity contribution is 5.91. The number of anilines is 1. The van der Waals surface area contributed by atoms with Gasteiger partial charge >= 0.3 is 0 Å². The minimum absolute atomic E-state index is 0.0147. The topological polar surface area (TPSA) is 71.2 Å². The highest BCUT2D eigenvalue weighted by atomic mass is 16.2. The second-order valence-corrected chi connectivity index (χ2v) is 4.38. The first-order chi connectivity index (χ1) is 8.24. The summed E-state index contributed by atoms with van der Waals surface area (Å²) in [4.78, 5) is 17.9. The van der Waals surface area contributed by atoms with Crippen molar-refractivity contribution in [1.29, 1.82) is 0 Å². The van der Waals surface area contributed by atoms with E-state index >= 15 is 0 Å². The number of nitrogens with one attached hydrogen (secondary N) is 1. The summed E-state index contributed by atoms with van der Waals surface area (Å²) in [6, 6.07) is 5.75. The second kappa shape index (κ2) is 5.75. The summed E-state index contributed by atoms with van der Waals surface area (Å²) < 4.78 is 0. The zero-order valence-electron chi connectivity index (χ0n) is 9.80. The first-order valence-electron chi connectivity index (χ1n) is 5.93. The number of aromatic nitrogens is 1. The molecule has 2 rings (SSSR count). The van der Waals surface area contributed by atoms with Gasteiger partial charge in [-0.05, 0) is 25.0 Å². The summed E-state index contributed by atoms with van der Waals surface area (Å²) in [7, 11) is 0. The average molecular weight is 234 g/mol. The van der Waals surface area contributed by atoms with Crippen molar-refractivity contribution in [3.05, 3.63) is 24.4 Å². The number of hydrogen-bond donors (Lipinski definition) is 2. The Labute approximate surface area is 101 Å². The molecule has 0 spiro atoms. The molecular formula is C12H18N4O. The van der Waals surface area contributed by atoms with Gasteiger partial charge in [0.05, 0.1) is 6.54 Å². The van der Waals surface area contributed by atoms with Gasteiger partial charge in [-0.2, -0.15) is 0 Å². The van der Waals surface area contributed by atoms with Crippen LogP contribution in [-0.2, 0) is 4.79 Å². The molecule has 17 heavy (non-hydrogen) atoms. The monoisotopic (exact) mass is 234 g/mol. The smallest absolute Gasteiger partial charge is 0.239 e. The maximum absolute atomic E-state index is 11.7. The lowest BCUT2D eigenvalue weighted by Crippen LogP contribution is -2.43. The molecule has 0 unspecified atom stereocenters. The van der Waals surface area contributed by atoms with E-state index in [1.807, 2.05) is 12.1 Å². The maximum atomic E-state index is 11.7. The van der Waals surface area contributed by atoms with E-state index in [1.54, 1.807) is 12.3 Å². The number of nitrogens with zero attached hydrogens (tertiary/aromatic N) is 2. The van der Waals surface area contributed by atoms with Crippen LogP contribution in [0.15, 0.2) is 24.4 Å². The van der Waals surface area contributed by atoms with Crippen molar-refractivity contribution in [3.63, 3.8) is 0 Å². The Morgan fingerprint density at radius 2 is 2.24 bits per heavy atom. The molecule has 1 amide bonds. The zero-order valence-corrected chi connectivity index (χ0v) is 9.80. The van der Waals surface area contributed by atoms with Crippen LogP contribution in [0.2, 0.25) is 0 Å². The van der Waals surface area contributed by atoms with Gasteiger partial charge in [0.15, 0.2) is 0 Å². The van der Waals surface area contributed by atoms with E-state index in [9.17, 15) is 4.79 Å². The van der Waals surface area contributed by atoms with Gasteiger partial charge < -0.3 is 11.1 Å². The lowest BCUT2D eigenvalue weighted by Gasteiger charge is -2.29. The van der Waals surface area contributed by atoms with Crippen LogP contribution in [0.1, 0.15) is 12.8 Å². The first kappa shape index (κ1) is 12.0. The number of hydrogen-bond acceptors (Lipinski definition) is 4. The van der Waals surface area contributed by atoms with Crippen LogP contribution in [0.25, 0.3) is 0 Å². The first-order valence-corrected chi connectivity index (χ1v) is 5.93. The highest BCUT2D eigenvalue weighted by Gasteiger charge is 2.18. The predicted octanol–water partition coefficient (Wildman–Crippen LogP) is 0.443. The van der Waals surface area contributed by atoms with E-state index in [2.05, 4.69) is 15.2 Å². The van der Waals surface area contributed by atoms with Crippen LogP contribution in [0.4, 0.5) is 5.82 Å². The van der Waals surface area contributed by atoms with E-state index in [0.717, 1.165) is 25.9 Å². The fraction of sp³-hybridized carbons (Fsp3) is 0.500. The number of rotatable bonds is 3. The van der Waals surface area contributed by atoms with Gasteiger partial charge in [-0.15, -0.1) is 0 Å². The molecule has 0 atom stereocenters. The maximum Gasteiger partial charge on any atom is 0.239 e. The summed E-state index contributed by atoms with van der Waals surface area (Å²) in [6.07, 6.45) is 3.60. The molecule has 0 radical (unpaired) electrons. The number of pyridine rings is 1. The normalized spacial score (nSPS) is 17.9. The summed E-state index contributed by atoms with van der Waals surface area (Å²) in [6.45, 7) is 2.22. The number of carbonyl (C=O) groups excluding carboxylic acids is 1. The molecule has 92 valence electrons. The molecule has 2 heterocycles. The molecule has 0 aliphatic carbocycles. The van der Waals surface area contributed by atoms with Gasteiger partial charge in [0.2, 0.25) is 5.91 Å². The lowest BCUT2D eigenvalue weighted by molar-refractivity contribution is -0.117. The van der Waals surface area contributed by atoms with Crippen molar-refractivity contribution in [3.8, 4) is 0 Å². The Kier molecular flexibility index (Phi) is 4.06. The summed E-state index contributed by atoms with van der Waals surface area (Å²) >= 11 is 0. The van der Waals surface area contributed by atoms with Gasteiger partial charge in [-0.25, -0.2) is 4.98 Å². The molecule has 1 aromatic heterocycles. The number of likely N-dealkylation sites (tertiary alicyclic amines) is 1. The Morgan fingerprint density at radius 3 is 2.88 bits per heavy atom. The molecule has 1 aromatic rings. The molecule has 1 saturated heterocycles. The third-order valence-electron chi connectivity index (χ3n) is 2.93. The number of carbonyl (C=O) groups is 1. The van der Waals surface area contributed by atoms with Crippen LogP contribution in [-0.4, -0.2) is 41.5 Å². The van der Waals surface area contributed by atoms with E-state index < -0.39 is 0 Å². The fourth-order valence-corrected chi connectivity index (χ4v) is 1.93. The Bertz CT molecular complexity index is 360. The van der Waals surface area contributed by atoms with Crippen molar-refractivity contribution < 1.29 is 4.79 Å². The Morgan fingerprint density at radius 1 is 1.47 bits per heavy atom. The van der Waals surface area contributed by atoms with Gasteiger partial charge in [0.25, 0.3) is 0 Å². The SMILES string of the molecule is NC1CCN(CC(=O)Nc2ccccn2)CC1. The third kappa shape index (κ3) is 3.80. The molecule has 1 fully saturated rings. The number of piperidine rings is 1. The average Bonchev–Trinajstić information content (AvgIpc) is 2.33. The van der Waals surface area contributed by atoms with Gasteiger partial charge in [0, 0.05) is 25.3 Å². The lowest BCUT2D eigenvalue weighted by atomic mass is 10.1. The van der Waals surface area contributed by atoms with Crippen molar-refractivity contribution in [1.82, 2.24) is 9.88 Å². The molecule has 0 saturated carbocycles. The molecule has 0 aromatic carbocycles. The zero-order chi connectivity index (χ0) is 12.1. The molecule has 5 heteroatoms. The highest BCUT2D eigenvalue weighted by Crippen LogP contribution is 2.08. The molecule has 1 aliphatic rings. The molecule has 3 N–H and O–H groups in total. The van der Waals surface area contributed by atoms with E-state index in [0.29, 0.717) is 18.4 Å². The number of amides is 1. The van der Waals surface area contributed by atoms with Crippen LogP contribution in [0.3, 0.4) is 0 Å². The van der Waals surface area contributed by atoms with Gasteiger partial charge in [0.1, 0.15) is 5.82 Å². The van der Waals surface area contributed by atoms with Gasteiger partial charge in [-0.1, -0.05) is 6.07 Å². The van der Waals surface area contributed by atoms with Crippen LogP contribution in [0, 0.1) is 0 Å². The van der Waals surface area contributed by atoms with Crippen molar-refractivity contribution in [2.24, 2.45) is 5.73 Å².